The minimum Gasteiger partial charge on any atom is -0.488 e. The number of methoxy groups -OCH3 is 1. The first-order valence-electron chi connectivity index (χ1n) is 19.4. The number of hydrogen-bond acceptors (Lipinski definition) is 7. The van der Waals surface area contributed by atoms with E-state index < -0.39 is 5.60 Å². The molecular weight excluding hydrogens is 681 g/mol. The number of nitrogens with zero attached hydrogens (tertiary/aromatic N) is 4. The summed E-state index contributed by atoms with van der Waals surface area (Å²) in [5, 5.41) is 2.05. The fraction of sp³-hybridized carbons (Fsp3) is 0.488. The first kappa shape index (κ1) is 36.1. The number of ether oxygens (including phenoxy) is 3. The molecule has 5 aromatic rings. The zero-order valence-electron chi connectivity index (χ0n) is 32.5. The zero-order valence-corrected chi connectivity index (χ0v) is 32.5. The van der Waals surface area contributed by atoms with Crippen LogP contribution in [-0.4, -0.2) is 74.1 Å². The van der Waals surface area contributed by atoms with Crippen LogP contribution >= 0.6 is 0 Å². The lowest BCUT2D eigenvalue weighted by Gasteiger charge is -2.27. The molecule has 0 spiro atoms. The van der Waals surface area contributed by atoms with E-state index in [0.717, 1.165) is 93.0 Å². The second-order valence-electron chi connectivity index (χ2n) is 16.8. The van der Waals surface area contributed by atoms with Crippen molar-refractivity contribution in [3.8, 4) is 28.1 Å². The van der Waals surface area contributed by atoms with Gasteiger partial charge in [0.15, 0.2) is 0 Å². The number of H-pyrrole nitrogens is 2. The Morgan fingerprint density at radius 1 is 1.00 bits per heavy atom. The number of benzene rings is 3. The Bertz CT molecular complexity index is 2220. The van der Waals surface area contributed by atoms with Crippen molar-refractivity contribution < 1.29 is 23.8 Å². The van der Waals surface area contributed by atoms with Gasteiger partial charge in [-0.25, -0.2) is 14.8 Å². The van der Waals surface area contributed by atoms with E-state index in [0.29, 0.717) is 38.0 Å². The minimum absolute atomic E-state index is 0.0295. The molecule has 284 valence electrons. The predicted octanol–water partition coefficient (Wildman–Crippen LogP) is 8.96. The summed E-state index contributed by atoms with van der Waals surface area (Å²) < 4.78 is 17.7. The maximum absolute atomic E-state index is 13.3. The Kier molecular flexibility index (Phi) is 9.40. The number of aromatic amines is 2. The van der Waals surface area contributed by atoms with Gasteiger partial charge in [0.25, 0.3) is 0 Å². The number of rotatable bonds is 8. The molecule has 8 rings (SSSR count). The number of amides is 2. The fourth-order valence-electron chi connectivity index (χ4n) is 8.49. The number of nitrogens with one attached hydrogen (secondary N) is 2. The van der Waals surface area contributed by atoms with Crippen LogP contribution in [0.15, 0.2) is 48.7 Å². The fourth-order valence-corrected chi connectivity index (χ4v) is 8.49. The summed E-state index contributed by atoms with van der Waals surface area (Å²) in [5.41, 5.74) is 6.41. The van der Waals surface area contributed by atoms with Crippen LogP contribution in [0.3, 0.4) is 0 Å². The summed E-state index contributed by atoms with van der Waals surface area (Å²) >= 11 is 0. The quantitative estimate of drug-likeness (QED) is 0.163. The molecule has 2 amide bonds. The molecule has 11 heteroatoms. The summed E-state index contributed by atoms with van der Waals surface area (Å²) in [4.78, 5) is 47.4. The van der Waals surface area contributed by atoms with Gasteiger partial charge in [-0.15, -0.1) is 0 Å². The van der Waals surface area contributed by atoms with Gasteiger partial charge in [0.1, 0.15) is 29.6 Å². The topological polar surface area (TPSA) is 126 Å². The molecule has 3 aliphatic heterocycles. The van der Waals surface area contributed by atoms with Gasteiger partial charge in [-0.05, 0) is 91.8 Å². The van der Waals surface area contributed by atoms with E-state index in [4.69, 9.17) is 24.2 Å². The van der Waals surface area contributed by atoms with E-state index in [1.807, 2.05) is 31.9 Å². The van der Waals surface area contributed by atoms with Crippen LogP contribution in [0.1, 0.15) is 96.5 Å². The Labute approximate surface area is 316 Å². The summed E-state index contributed by atoms with van der Waals surface area (Å²) in [7, 11) is 1.69. The van der Waals surface area contributed by atoms with Crippen molar-refractivity contribution >= 4 is 33.8 Å². The van der Waals surface area contributed by atoms with E-state index in [9.17, 15) is 9.59 Å². The van der Waals surface area contributed by atoms with Gasteiger partial charge in [-0.2, -0.15) is 0 Å². The van der Waals surface area contributed by atoms with Gasteiger partial charge in [-0.1, -0.05) is 45.4 Å². The van der Waals surface area contributed by atoms with Crippen molar-refractivity contribution in [2.45, 2.75) is 91.5 Å². The summed E-state index contributed by atoms with van der Waals surface area (Å²) in [6.07, 6.45) is 4.77. The number of imidazole rings is 2. The highest BCUT2D eigenvalue weighted by Crippen LogP contribution is 2.44. The zero-order chi connectivity index (χ0) is 37.9. The molecule has 0 aliphatic carbocycles. The Balaban J connectivity index is 1.06. The molecule has 11 nitrogen and oxygen atoms in total. The average Bonchev–Trinajstić information content (AvgIpc) is 3.95. The third-order valence-corrected chi connectivity index (χ3v) is 11.4. The first-order valence-corrected chi connectivity index (χ1v) is 19.4. The number of fused-ring (bicyclic) bond motifs is 6. The van der Waals surface area contributed by atoms with Crippen molar-refractivity contribution in [2.75, 3.05) is 26.8 Å². The van der Waals surface area contributed by atoms with Gasteiger partial charge in [0.2, 0.25) is 5.91 Å². The van der Waals surface area contributed by atoms with Gasteiger partial charge in [-0.3, -0.25) is 9.69 Å². The van der Waals surface area contributed by atoms with Crippen molar-refractivity contribution in [1.29, 1.82) is 0 Å². The SMILES string of the molecule is CC[C@H](C)CC(=O)N1C[C@@H](C)C[C@H]1c1ncc(-c2ccc3c(c2)COc2cc4c(ccc5[nH]c([C@@H]6CC(COC)CN6C(=O)OC(C)(C)C)nc54)cc2-3)[nH]1. The second-order valence-corrected chi connectivity index (χ2v) is 16.8. The second kappa shape index (κ2) is 14.1. The maximum Gasteiger partial charge on any atom is 0.410 e. The van der Waals surface area contributed by atoms with E-state index in [1.165, 1.54) is 0 Å². The molecule has 3 aromatic carbocycles. The largest absolute Gasteiger partial charge is 0.488 e. The number of carbonyl (C=O) groups excluding carboxylic acids is 2. The lowest BCUT2D eigenvalue weighted by Crippen LogP contribution is -2.37. The molecule has 1 unspecified atom stereocenters. The molecule has 5 heterocycles. The van der Waals surface area contributed by atoms with Crippen molar-refractivity contribution in [3.05, 3.63) is 65.9 Å². The average molecular weight is 733 g/mol. The van der Waals surface area contributed by atoms with Crippen LogP contribution in [0.2, 0.25) is 0 Å². The normalized spacial score (nSPS) is 21.7. The van der Waals surface area contributed by atoms with Crippen molar-refractivity contribution in [3.63, 3.8) is 0 Å². The molecule has 5 atom stereocenters. The lowest BCUT2D eigenvalue weighted by molar-refractivity contribution is -0.133. The molecule has 0 bridgehead atoms. The summed E-state index contributed by atoms with van der Waals surface area (Å²) in [5.74, 6) is 3.62. The number of likely N-dealkylation sites (tertiary alicyclic amines) is 2. The molecule has 0 radical (unpaired) electrons. The third kappa shape index (κ3) is 6.83. The van der Waals surface area contributed by atoms with Crippen LogP contribution < -0.4 is 4.74 Å². The number of aromatic nitrogens is 4. The molecule has 2 aromatic heterocycles. The highest BCUT2D eigenvalue weighted by molar-refractivity contribution is 6.07. The van der Waals surface area contributed by atoms with Gasteiger partial charge < -0.3 is 29.1 Å². The molecule has 2 saturated heterocycles. The van der Waals surface area contributed by atoms with Gasteiger partial charge in [0.05, 0.1) is 41.6 Å². The molecule has 3 aliphatic rings. The number of carbonyl (C=O) groups is 2. The smallest absolute Gasteiger partial charge is 0.410 e. The van der Waals surface area contributed by atoms with Gasteiger partial charge >= 0.3 is 6.09 Å². The van der Waals surface area contributed by atoms with E-state index in [-0.39, 0.29) is 30.0 Å². The van der Waals surface area contributed by atoms with Crippen molar-refractivity contribution in [2.24, 2.45) is 17.8 Å². The van der Waals surface area contributed by atoms with Crippen LogP contribution in [0, 0.1) is 17.8 Å². The predicted molar refractivity (Wildman–Crippen MR) is 209 cm³/mol. The van der Waals surface area contributed by atoms with E-state index in [1.54, 1.807) is 12.0 Å². The summed E-state index contributed by atoms with van der Waals surface area (Å²) in [6.45, 7) is 14.5. The monoisotopic (exact) mass is 732 g/mol. The van der Waals surface area contributed by atoms with E-state index >= 15 is 0 Å². The highest BCUT2D eigenvalue weighted by Gasteiger charge is 2.40. The Morgan fingerprint density at radius 3 is 2.59 bits per heavy atom. The Hall–Kier alpha value is -4.90. The molecule has 2 N–H and O–H groups in total. The van der Waals surface area contributed by atoms with Crippen LogP contribution in [0.4, 0.5) is 4.79 Å². The van der Waals surface area contributed by atoms with Crippen LogP contribution in [0.5, 0.6) is 5.75 Å². The van der Waals surface area contributed by atoms with Crippen LogP contribution in [-0.2, 0) is 20.9 Å². The molecule has 2 fully saturated rings. The summed E-state index contributed by atoms with van der Waals surface area (Å²) in [6, 6.07) is 14.7. The molecular formula is C43H52N6O5. The lowest BCUT2D eigenvalue weighted by atomic mass is 9.92. The standard InChI is InChI=1S/C43H52N6O5/c1-8-24(2)14-38(50)48-20-25(3)13-35(48)40-44-19-34(46-40)28-9-11-30-29(16-28)23-53-37-18-31-27(17-32(30)37)10-12-33-39(31)47-41(45-33)36-15-26(22-52-7)21-49(36)42(51)54-43(4,5)6/h9-12,16-19,24-26,35-36H,8,13-15,20-23H2,1-7H3,(H,44,46)(H,45,47)/t24-,25-,26?,35-,36-/m0/s1. The first-order chi connectivity index (χ1) is 25.9. The van der Waals surface area contributed by atoms with Crippen LogP contribution in [0.25, 0.3) is 44.2 Å². The minimum atomic E-state index is -0.599. The maximum atomic E-state index is 13.3. The van der Waals surface area contributed by atoms with E-state index in [2.05, 4.69) is 73.2 Å². The van der Waals surface area contributed by atoms with Crippen molar-refractivity contribution in [1.82, 2.24) is 29.7 Å². The molecule has 54 heavy (non-hydrogen) atoms. The number of hydrogen-bond donors (Lipinski definition) is 2. The highest BCUT2D eigenvalue weighted by atomic mass is 16.6. The molecule has 0 saturated carbocycles. The van der Waals surface area contributed by atoms with Gasteiger partial charge in [0, 0.05) is 43.5 Å². The third-order valence-electron chi connectivity index (χ3n) is 11.4. The Morgan fingerprint density at radius 2 is 1.81 bits per heavy atom.